The molecule has 5 N–H and O–H groups in total. The highest BCUT2D eigenvalue weighted by molar-refractivity contribution is 5.97. The Labute approximate surface area is 239 Å². The van der Waals surface area contributed by atoms with Gasteiger partial charge in [0.1, 0.15) is 17.8 Å². The molecule has 0 bridgehead atoms. The molecule has 0 aliphatic carbocycles. The Morgan fingerprint density at radius 3 is 2.29 bits per heavy atom. The molecule has 222 valence electrons. The predicted molar refractivity (Wildman–Crippen MR) is 150 cm³/mol. The maximum atomic E-state index is 13.5. The molecule has 1 aromatic heterocycles. The van der Waals surface area contributed by atoms with Crippen LogP contribution in [0.4, 0.5) is 0 Å². The van der Waals surface area contributed by atoms with Gasteiger partial charge in [-0.15, -0.1) is 0 Å². The van der Waals surface area contributed by atoms with Gasteiger partial charge in [0, 0.05) is 31.0 Å². The number of hydrogen-bond donors (Lipinski definition) is 4. The van der Waals surface area contributed by atoms with E-state index in [0.717, 1.165) is 5.56 Å². The van der Waals surface area contributed by atoms with Crippen LogP contribution in [-0.2, 0) is 30.3 Å². The van der Waals surface area contributed by atoms with E-state index in [4.69, 9.17) is 15.0 Å². The molecule has 0 aliphatic rings. The lowest BCUT2D eigenvalue weighted by molar-refractivity contribution is -0.137. The highest BCUT2D eigenvalue weighted by Crippen LogP contribution is 2.10. The molecular formula is C29H39N5O7. The number of esters is 1. The summed E-state index contributed by atoms with van der Waals surface area (Å²) in [4.78, 5) is 62.9. The van der Waals surface area contributed by atoms with Gasteiger partial charge in [-0.05, 0) is 38.2 Å². The standard InChI is InChI=1S/C29H39N5O7/c1-5-40-26(36)14-12-21(11-13-25(30)35)31-27(37)23(17-20-9-7-6-8-10-20)33-28(38)22(15-18(2)3)32-29(39)24-16-19(4)41-34-24/h6-10,12,14,16,18,21-23H,5,11,13,15,17H2,1-4H3,(H2,30,35)(H,31,37)(H,32,39)(H,33,38)/b14-12+. The Hall–Kier alpha value is -4.48. The lowest BCUT2D eigenvalue weighted by atomic mass is 10.0. The summed E-state index contributed by atoms with van der Waals surface area (Å²) < 4.78 is 9.86. The van der Waals surface area contributed by atoms with Crippen LogP contribution >= 0.6 is 0 Å². The summed E-state index contributed by atoms with van der Waals surface area (Å²) >= 11 is 0. The number of aromatic nitrogens is 1. The number of ether oxygens (including phenoxy) is 1. The van der Waals surface area contributed by atoms with Gasteiger partial charge in [-0.3, -0.25) is 19.2 Å². The van der Waals surface area contributed by atoms with Gasteiger partial charge in [0.2, 0.25) is 17.7 Å². The van der Waals surface area contributed by atoms with Gasteiger partial charge < -0.3 is 30.9 Å². The summed E-state index contributed by atoms with van der Waals surface area (Å²) in [5.41, 5.74) is 6.11. The van der Waals surface area contributed by atoms with Crippen molar-refractivity contribution in [2.45, 2.75) is 71.5 Å². The number of aryl methyl sites for hydroxylation is 1. The predicted octanol–water partition coefficient (Wildman–Crippen LogP) is 1.72. The molecule has 2 aromatic rings. The zero-order valence-electron chi connectivity index (χ0n) is 23.8. The Morgan fingerprint density at radius 1 is 1.02 bits per heavy atom. The molecule has 0 saturated heterocycles. The summed E-state index contributed by atoms with van der Waals surface area (Å²) in [5, 5.41) is 11.9. The molecular weight excluding hydrogens is 530 g/mol. The number of nitrogens with zero attached hydrogens (tertiary/aromatic N) is 1. The number of carbonyl (C=O) groups is 5. The van der Waals surface area contributed by atoms with E-state index in [1.807, 2.05) is 44.2 Å². The molecule has 0 fully saturated rings. The lowest BCUT2D eigenvalue weighted by Crippen LogP contribution is -2.55. The third kappa shape index (κ3) is 12.1. The Bertz CT molecular complexity index is 1210. The quantitative estimate of drug-likeness (QED) is 0.174. The van der Waals surface area contributed by atoms with E-state index >= 15 is 0 Å². The molecule has 12 nitrogen and oxygen atoms in total. The van der Waals surface area contributed by atoms with Gasteiger partial charge >= 0.3 is 5.97 Å². The Morgan fingerprint density at radius 2 is 1.71 bits per heavy atom. The fraction of sp³-hybridized carbons (Fsp3) is 0.448. The van der Waals surface area contributed by atoms with Gasteiger partial charge in [0.25, 0.3) is 5.91 Å². The number of nitrogens with two attached hydrogens (primary N) is 1. The fourth-order valence-electron chi connectivity index (χ4n) is 3.92. The van der Waals surface area contributed by atoms with E-state index in [0.29, 0.717) is 12.2 Å². The van der Waals surface area contributed by atoms with Crippen molar-refractivity contribution < 1.29 is 33.2 Å². The minimum absolute atomic E-state index is 0.0355. The first-order valence-corrected chi connectivity index (χ1v) is 13.5. The Kier molecular flexibility index (Phi) is 13.2. The average Bonchev–Trinajstić information content (AvgIpc) is 3.36. The van der Waals surface area contributed by atoms with Crippen molar-refractivity contribution in [3.63, 3.8) is 0 Å². The summed E-state index contributed by atoms with van der Waals surface area (Å²) in [7, 11) is 0. The first-order chi connectivity index (χ1) is 19.5. The number of hydrogen-bond acceptors (Lipinski definition) is 8. The van der Waals surface area contributed by atoms with Crippen molar-refractivity contribution in [2.75, 3.05) is 6.61 Å². The summed E-state index contributed by atoms with van der Waals surface area (Å²) in [6.45, 7) is 7.29. The first kappa shape index (κ1) is 32.7. The second kappa shape index (κ2) is 16.6. The van der Waals surface area contributed by atoms with E-state index in [1.165, 1.54) is 18.2 Å². The van der Waals surface area contributed by atoms with Gasteiger partial charge in [-0.2, -0.15) is 0 Å². The number of benzene rings is 1. The third-order valence-corrected chi connectivity index (χ3v) is 5.89. The zero-order chi connectivity index (χ0) is 30.4. The van der Waals surface area contributed by atoms with E-state index in [9.17, 15) is 24.0 Å². The SMILES string of the molecule is CCOC(=O)/C=C/C(CCC(N)=O)NC(=O)C(Cc1ccccc1)NC(=O)C(CC(C)C)NC(=O)c1cc(C)on1. The average molecular weight is 570 g/mol. The molecule has 0 spiro atoms. The fourth-order valence-corrected chi connectivity index (χ4v) is 3.92. The molecule has 41 heavy (non-hydrogen) atoms. The topological polar surface area (TPSA) is 183 Å². The number of amides is 4. The van der Waals surface area contributed by atoms with E-state index in [1.54, 1.807) is 13.8 Å². The minimum Gasteiger partial charge on any atom is -0.463 e. The van der Waals surface area contributed by atoms with Crippen LogP contribution in [0.3, 0.4) is 0 Å². The smallest absolute Gasteiger partial charge is 0.330 e. The maximum absolute atomic E-state index is 13.5. The van der Waals surface area contributed by atoms with Crippen LogP contribution in [0.2, 0.25) is 0 Å². The summed E-state index contributed by atoms with van der Waals surface area (Å²) in [6.07, 6.45) is 3.12. The van der Waals surface area contributed by atoms with E-state index in [2.05, 4.69) is 21.1 Å². The van der Waals surface area contributed by atoms with Gasteiger partial charge in [-0.1, -0.05) is 55.4 Å². The molecule has 2 rings (SSSR count). The van der Waals surface area contributed by atoms with Crippen LogP contribution in [0.1, 0.15) is 61.8 Å². The molecule has 1 aromatic carbocycles. The summed E-state index contributed by atoms with van der Waals surface area (Å²) in [6, 6.07) is 7.81. The normalized spacial score (nSPS) is 13.3. The highest BCUT2D eigenvalue weighted by atomic mass is 16.5. The number of carbonyl (C=O) groups excluding carboxylic acids is 5. The third-order valence-electron chi connectivity index (χ3n) is 5.89. The van der Waals surface area contributed by atoms with Crippen molar-refractivity contribution in [1.29, 1.82) is 0 Å². The molecule has 3 atom stereocenters. The number of primary amides is 1. The Balaban J connectivity index is 2.27. The zero-order valence-corrected chi connectivity index (χ0v) is 23.8. The number of nitrogens with one attached hydrogen (secondary N) is 3. The monoisotopic (exact) mass is 569 g/mol. The number of rotatable bonds is 16. The van der Waals surface area contributed by atoms with Crippen LogP contribution in [-0.4, -0.2) is 59.5 Å². The van der Waals surface area contributed by atoms with Crippen LogP contribution in [0, 0.1) is 12.8 Å². The molecule has 0 saturated carbocycles. The lowest BCUT2D eigenvalue weighted by Gasteiger charge is -2.25. The van der Waals surface area contributed by atoms with Crippen LogP contribution in [0.15, 0.2) is 53.1 Å². The van der Waals surface area contributed by atoms with Crippen molar-refractivity contribution in [3.8, 4) is 0 Å². The minimum atomic E-state index is -1.04. The van der Waals surface area contributed by atoms with Crippen molar-refractivity contribution in [1.82, 2.24) is 21.1 Å². The largest absolute Gasteiger partial charge is 0.463 e. The molecule has 0 radical (unpaired) electrons. The summed E-state index contributed by atoms with van der Waals surface area (Å²) in [5.74, 6) is -2.37. The second-order valence-corrected chi connectivity index (χ2v) is 9.96. The van der Waals surface area contributed by atoms with Gasteiger partial charge in [-0.25, -0.2) is 4.79 Å². The molecule has 12 heteroatoms. The van der Waals surface area contributed by atoms with Crippen LogP contribution < -0.4 is 21.7 Å². The van der Waals surface area contributed by atoms with Crippen LogP contribution in [0.5, 0.6) is 0 Å². The van der Waals surface area contributed by atoms with Crippen molar-refractivity contribution in [3.05, 3.63) is 65.6 Å². The molecule has 1 heterocycles. The van der Waals surface area contributed by atoms with E-state index in [-0.39, 0.29) is 37.5 Å². The first-order valence-electron chi connectivity index (χ1n) is 13.5. The van der Waals surface area contributed by atoms with Crippen molar-refractivity contribution in [2.24, 2.45) is 11.7 Å². The molecule has 4 amide bonds. The van der Waals surface area contributed by atoms with Gasteiger partial charge in [0.05, 0.1) is 6.61 Å². The van der Waals surface area contributed by atoms with Crippen molar-refractivity contribution >= 4 is 29.6 Å². The second-order valence-electron chi connectivity index (χ2n) is 9.96. The van der Waals surface area contributed by atoms with Crippen LogP contribution in [0.25, 0.3) is 0 Å². The van der Waals surface area contributed by atoms with Gasteiger partial charge in [0.15, 0.2) is 5.69 Å². The highest BCUT2D eigenvalue weighted by Gasteiger charge is 2.29. The molecule has 0 aliphatic heterocycles. The molecule has 3 unspecified atom stereocenters. The maximum Gasteiger partial charge on any atom is 0.330 e. The van der Waals surface area contributed by atoms with E-state index < -0.39 is 47.7 Å².